The minimum Gasteiger partial charge on any atom is -0.492 e. The Hall–Kier alpha value is -3.32. The van der Waals surface area contributed by atoms with Gasteiger partial charge in [-0.25, -0.2) is 4.68 Å². The molecule has 2 aromatic carbocycles. The number of carbonyl (C=O) groups excluding carboxylic acids is 1. The zero-order valence-electron chi connectivity index (χ0n) is 16.0. The largest absolute Gasteiger partial charge is 0.492 e. The predicted octanol–water partition coefficient (Wildman–Crippen LogP) is 4.26. The zero-order valence-corrected chi connectivity index (χ0v) is 16.8. The van der Waals surface area contributed by atoms with Crippen molar-refractivity contribution in [1.82, 2.24) is 14.8 Å². The first-order valence-corrected chi connectivity index (χ1v) is 9.62. The molecule has 2 N–H and O–H groups in total. The summed E-state index contributed by atoms with van der Waals surface area (Å²) in [6, 6.07) is 14.3. The molecule has 4 rings (SSSR count). The van der Waals surface area contributed by atoms with Crippen LogP contribution in [0.25, 0.3) is 0 Å². The van der Waals surface area contributed by atoms with E-state index in [0.29, 0.717) is 40.3 Å². The van der Waals surface area contributed by atoms with Gasteiger partial charge in [0.1, 0.15) is 18.1 Å². The highest BCUT2D eigenvalue weighted by Crippen LogP contribution is 2.36. The topological polar surface area (TPSA) is 81.1 Å². The van der Waals surface area contributed by atoms with Gasteiger partial charge in [-0.1, -0.05) is 35.9 Å². The molecule has 0 radical (unpaired) electrons. The second kappa shape index (κ2) is 7.97. The van der Waals surface area contributed by atoms with Crippen molar-refractivity contribution in [2.45, 2.75) is 19.9 Å². The Balaban J connectivity index is 1.74. The van der Waals surface area contributed by atoms with E-state index in [1.54, 1.807) is 16.8 Å². The SMILES string of the molecule is CCOc1ccccc1NC(=O)C1=C(C)Nc2ncnn2[C@@H]1c1ccc(Cl)cc1. The number of amides is 1. The van der Waals surface area contributed by atoms with Crippen LogP contribution in [0.4, 0.5) is 11.6 Å². The molecule has 3 aromatic rings. The lowest BCUT2D eigenvalue weighted by Gasteiger charge is -2.29. The van der Waals surface area contributed by atoms with Gasteiger partial charge in [0.2, 0.25) is 5.95 Å². The number of nitrogens with one attached hydrogen (secondary N) is 2. The quantitative estimate of drug-likeness (QED) is 0.658. The van der Waals surface area contributed by atoms with E-state index in [1.165, 1.54) is 6.33 Å². The van der Waals surface area contributed by atoms with E-state index in [0.717, 1.165) is 5.56 Å². The molecule has 2 heterocycles. The number of aromatic nitrogens is 3. The molecule has 148 valence electrons. The molecule has 1 aliphatic rings. The molecule has 0 fully saturated rings. The average molecular weight is 410 g/mol. The molecule has 0 saturated heterocycles. The first-order chi connectivity index (χ1) is 14.1. The smallest absolute Gasteiger partial charge is 0.255 e. The van der Waals surface area contributed by atoms with E-state index in [1.807, 2.05) is 50.2 Å². The third kappa shape index (κ3) is 3.69. The van der Waals surface area contributed by atoms with Crippen LogP contribution in [0.2, 0.25) is 5.02 Å². The Morgan fingerprint density at radius 2 is 2.00 bits per heavy atom. The van der Waals surface area contributed by atoms with Gasteiger partial charge >= 0.3 is 0 Å². The lowest BCUT2D eigenvalue weighted by atomic mass is 9.95. The van der Waals surface area contributed by atoms with Crippen LogP contribution in [0.5, 0.6) is 5.75 Å². The van der Waals surface area contributed by atoms with Crippen LogP contribution >= 0.6 is 11.6 Å². The molecular formula is C21H20ClN5O2. The third-order valence-corrected chi connectivity index (χ3v) is 4.91. The predicted molar refractivity (Wildman–Crippen MR) is 112 cm³/mol. The Morgan fingerprint density at radius 3 is 2.76 bits per heavy atom. The van der Waals surface area contributed by atoms with E-state index >= 15 is 0 Å². The number of benzene rings is 2. The van der Waals surface area contributed by atoms with Crippen molar-refractivity contribution in [3.8, 4) is 5.75 Å². The Morgan fingerprint density at radius 1 is 1.24 bits per heavy atom. The summed E-state index contributed by atoms with van der Waals surface area (Å²) < 4.78 is 7.33. The highest BCUT2D eigenvalue weighted by Gasteiger charge is 2.33. The first-order valence-electron chi connectivity index (χ1n) is 9.24. The number of halogens is 1. The van der Waals surface area contributed by atoms with Crippen LogP contribution in [0.3, 0.4) is 0 Å². The van der Waals surface area contributed by atoms with Crippen LogP contribution in [-0.4, -0.2) is 27.3 Å². The summed E-state index contributed by atoms with van der Waals surface area (Å²) in [6.07, 6.45) is 1.46. The van der Waals surface area contributed by atoms with Gasteiger partial charge in [-0.3, -0.25) is 4.79 Å². The van der Waals surface area contributed by atoms with Crippen molar-refractivity contribution in [1.29, 1.82) is 0 Å². The van der Waals surface area contributed by atoms with E-state index in [4.69, 9.17) is 16.3 Å². The van der Waals surface area contributed by atoms with Crippen LogP contribution in [-0.2, 0) is 4.79 Å². The number of hydrogen-bond donors (Lipinski definition) is 2. The molecule has 8 heteroatoms. The number of nitrogens with zero attached hydrogens (tertiary/aromatic N) is 3. The summed E-state index contributed by atoms with van der Waals surface area (Å²) in [7, 11) is 0. The molecule has 0 aliphatic carbocycles. The van der Waals surface area contributed by atoms with Gasteiger partial charge in [-0.05, 0) is 43.7 Å². The number of anilines is 2. The molecule has 1 atom stereocenters. The van der Waals surface area contributed by atoms with Gasteiger partial charge < -0.3 is 15.4 Å². The number of fused-ring (bicyclic) bond motifs is 1. The van der Waals surface area contributed by atoms with Crippen molar-refractivity contribution in [2.24, 2.45) is 0 Å². The fourth-order valence-corrected chi connectivity index (χ4v) is 3.51. The van der Waals surface area contributed by atoms with Gasteiger partial charge in [0.05, 0.1) is 17.9 Å². The van der Waals surface area contributed by atoms with Gasteiger partial charge in [0.25, 0.3) is 5.91 Å². The van der Waals surface area contributed by atoms with E-state index in [2.05, 4.69) is 20.7 Å². The molecule has 0 unspecified atom stereocenters. The standard InChI is InChI=1S/C21H20ClN5O2/c1-3-29-17-7-5-4-6-16(17)26-20(28)18-13(2)25-21-23-12-24-27(21)19(18)14-8-10-15(22)11-9-14/h4-12,19H,3H2,1-2H3,(H,26,28)(H,23,24,25)/t19-/m1/s1. The second-order valence-corrected chi connectivity index (χ2v) is 6.97. The van der Waals surface area contributed by atoms with Crippen molar-refractivity contribution in [3.05, 3.63) is 76.7 Å². The normalized spacial score (nSPS) is 15.5. The Labute approximate surface area is 173 Å². The number of para-hydroxylation sites is 2. The van der Waals surface area contributed by atoms with E-state index in [9.17, 15) is 4.79 Å². The summed E-state index contributed by atoms with van der Waals surface area (Å²) in [6.45, 7) is 4.26. The van der Waals surface area contributed by atoms with Crippen molar-refractivity contribution in [2.75, 3.05) is 17.2 Å². The zero-order chi connectivity index (χ0) is 20.4. The number of ether oxygens (including phenoxy) is 1. The molecule has 7 nitrogen and oxygen atoms in total. The highest BCUT2D eigenvalue weighted by atomic mass is 35.5. The van der Waals surface area contributed by atoms with Crippen molar-refractivity contribution < 1.29 is 9.53 Å². The summed E-state index contributed by atoms with van der Waals surface area (Å²) in [5.74, 6) is 0.951. The fourth-order valence-electron chi connectivity index (χ4n) is 3.38. The van der Waals surface area contributed by atoms with Crippen molar-refractivity contribution >= 4 is 29.1 Å². The average Bonchev–Trinajstić information content (AvgIpc) is 3.17. The molecule has 0 saturated carbocycles. The summed E-state index contributed by atoms with van der Waals surface area (Å²) in [4.78, 5) is 17.6. The number of rotatable bonds is 5. The summed E-state index contributed by atoms with van der Waals surface area (Å²) >= 11 is 6.06. The molecule has 29 heavy (non-hydrogen) atoms. The minimum absolute atomic E-state index is 0.247. The fraction of sp³-hybridized carbons (Fsp3) is 0.190. The van der Waals surface area contributed by atoms with Gasteiger partial charge in [0, 0.05) is 10.7 Å². The second-order valence-electron chi connectivity index (χ2n) is 6.53. The first kappa shape index (κ1) is 19.0. The lowest BCUT2D eigenvalue weighted by molar-refractivity contribution is -0.113. The van der Waals surface area contributed by atoms with E-state index in [-0.39, 0.29) is 5.91 Å². The molecular weight excluding hydrogens is 390 g/mol. The molecule has 1 aromatic heterocycles. The Bertz CT molecular complexity index is 1070. The van der Waals surface area contributed by atoms with Gasteiger partial charge in [-0.2, -0.15) is 10.1 Å². The van der Waals surface area contributed by atoms with Crippen LogP contribution in [0, 0.1) is 0 Å². The van der Waals surface area contributed by atoms with Gasteiger partial charge in [0.15, 0.2) is 0 Å². The molecule has 0 bridgehead atoms. The number of carbonyl (C=O) groups is 1. The summed E-state index contributed by atoms with van der Waals surface area (Å²) in [5, 5.41) is 11.1. The monoisotopic (exact) mass is 409 g/mol. The Kier molecular flexibility index (Phi) is 5.22. The minimum atomic E-state index is -0.440. The molecule has 1 amide bonds. The van der Waals surface area contributed by atoms with E-state index < -0.39 is 6.04 Å². The van der Waals surface area contributed by atoms with Crippen LogP contribution < -0.4 is 15.4 Å². The molecule has 1 aliphatic heterocycles. The maximum Gasteiger partial charge on any atom is 0.255 e. The van der Waals surface area contributed by atoms with Crippen LogP contribution in [0.15, 0.2) is 66.1 Å². The van der Waals surface area contributed by atoms with Crippen molar-refractivity contribution in [3.63, 3.8) is 0 Å². The number of allylic oxidation sites excluding steroid dienone is 1. The lowest BCUT2D eigenvalue weighted by Crippen LogP contribution is -2.31. The molecule has 0 spiro atoms. The maximum absolute atomic E-state index is 13.4. The van der Waals surface area contributed by atoms with Crippen LogP contribution in [0.1, 0.15) is 25.5 Å². The summed E-state index contributed by atoms with van der Waals surface area (Å²) in [5.41, 5.74) is 2.73. The third-order valence-electron chi connectivity index (χ3n) is 4.66. The number of hydrogen-bond acceptors (Lipinski definition) is 5. The highest BCUT2D eigenvalue weighted by molar-refractivity contribution is 6.30. The maximum atomic E-state index is 13.4. The van der Waals surface area contributed by atoms with Gasteiger partial charge in [-0.15, -0.1) is 0 Å².